The number of hydrogen-bond acceptors (Lipinski definition) is 6. The summed E-state index contributed by atoms with van der Waals surface area (Å²) >= 11 is 0. The van der Waals surface area contributed by atoms with E-state index >= 15 is 0 Å². The van der Waals surface area contributed by atoms with Gasteiger partial charge in [0, 0.05) is 22.9 Å². The van der Waals surface area contributed by atoms with E-state index in [-0.39, 0.29) is 11.8 Å². The van der Waals surface area contributed by atoms with E-state index in [1.54, 1.807) is 37.3 Å². The number of aliphatic hydroxyl groups is 1. The fraction of sp³-hybridized carbons (Fsp3) is 0.222. The molecule has 5 rings (SSSR count). The number of ketones is 1. The highest BCUT2D eigenvalue weighted by Gasteiger charge is 2.53. The fourth-order valence-corrected chi connectivity index (χ4v) is 4.28. The summed E-state index contributed by atoms with van der Waals surface area (Å²) in [7, 11) is 0. The van der Waals surface area contributed by atoms with E-state index in [0.717, 1.165) is 21.6 Å². The van der Waals surface area contributed by atoms with Crippen molar-refractivity contribution in [3.63, 3.8) is 0 Å². The summed E-state index contributed by atoms with van der Waals surface area (Å²) in [6.07, 6.45) is 7.01. The molecule has 3 N–H and O–H groups in total. The van der Waals surface area contributed by atoms with Crippen molar-refractivity contribution in [3.05, 3.63) is 89.8 Å². The van der Waals surface area contributed by atoms with Crippen molar-refractivity contribution < 1.29 is 15.1 Å². The molecule has 0 spiro atoms. The molecule has 2 aromatic carbocycles. The van der Waals surface area contributed by atoms with Gasteiger partial charge >= 0.3 is 0 Å². The lowest BCUT2D eigenvalue weighted by atomic mass is 10.0. The van der Waals surface area contributed by atoms with Crippen LogP contribution in [0.3, 0.4) is 0 Å². The summed E-state index contributed by atoms with van der Waals surface area (Å²) < 4.78 is 1.01. The maximum Gasteiger partial charge on any atom is 0.176 e. The Morgan fingerprint density at radius 2 is 1.97 bits per heavy atom. The number of nitrogens with zero attached hydrogens (tertiary/aromatic N) is 3. The molecule has 170 valence electrons. The standard InChI is InChI=1S/C27H24N4O3/c1-16(18-5-3-17(15-28)4-6-18)29-21-10-7-19(8-11-21)26-30-23-12-9-20(13-24(23)31(26)34)25(32)22-14-27(22,2)33/h3-10,12-13,21-22,29,33-34H,1,11,14H2,2H3/t21?,22?,27-/m1/s1. The molecule has 7 nitrogen and oxygen atoms in total. The number of allylic oxidation sites excluding steroid dienone is 2. The summed E-state index contributed by atoms with van der Waals surface area (Å²) in [5, 5.41) is 33.1. The summed E-state index contributed by atoms with van der Waals surface area (Å²) in [4.78, 5) is 17.2. The second-order valence-corrected chi connectivity index (χ2v) is 9.10. The van der Waals surface area contributed by atoms with Gasteiger partial charge in [-0.1, -0.05) is 36.9 Å². The summed E-state index contributed by atoms with van der Waals surface area (Å²) in [5.41, 5.74) is 3.60. The number of hydrogen-bond donors (Lipinski definition) is 3. The van der Waals surface area contributed by atoms with Crippen LogP contribution in [-0.4, -0.2) is 37.5 Å². The molecule has 2 unspecified atom stereocenters. The maximum absolute atomic E-state index is 12.6. The van der Waals surface area contributed by atoms with Crippen LogP contribution in [0.5, 0.6) is 0 Å². The highest BCUT2D eigenvalue weighted by Crippen LogP contribution is 2.45. The fourth-order valence-electron chi connectivity index (χ4n) is 4.28. The van der Waals surface area contributed by atoms with Gasteiger partial charge in [-0.15, -0.1) is 0 Å². The lowest BCUT2D eigenvalue weighted by molar-refractivity contribution is 0.0884. The van der Waals surface area contributed by atoms with E-state index in [0.29, 0.717) is 40.8 Å². The second kappa shape index (κ2) is 8.01. The topological polar surface area (TPSA) is 111 Å². The number of nitriles is 1. The third-order valence-electron chi connectivity index (χ3n) is 6.52. The van der Waals surface area contributed by atoms with E-state index < -0.39 is 11.5 Å². The average molecular weight is 453 g/mol. The van der Waals surface area contributed by atoms with Gasteiger partial charge in [0.15, 0.2) is 11.6 Å². The van der Waals surface area contributed by atoms with E-state index in [1.807, 2.05) is 30.4 Å². The highest BCUT2D eigenvalue weighted by atomic mass is 16.5. The zero-order valence-electron chi connectivity index (χ0n) is 18.7. The van der Waals surface area contributed by atoms with Crippen LogP contribution in [0, 0.1) is 17.2 Å². The predicted molar refractivity (Wildman–Crippen MR) is 129 cm³/mol. The molecule has 3 aromatic rings. The van der Waals surface area contributed by atoms with E-state index in [4.69, 9.17) is 5.26 Å². The zero-order valence-corrected chi connectivity index (χ0v) is 18.7. The van der Waals surface area contributed by atoms with Crippen LogP contribution in [0.4, 0.5) is 0 Å². The van der Waals surface area contributed by atoms with Gasteiger partial charge in [-0.3, -0.25) is 4.79 Å². The first-order valence-electron chi connectivity index (χ1n) is 11.1. The first-order chi connectivity index (χ1) is 16.3. The smallest absolute Gasteiger partial charge is 0.176 e. The minimum Gasteiger partial charge on any atom is -0.426 e. The van der Waals surface area contributed by atoms with Gasteiger partial charge in [-0.2, -0.15) is 9.99 Å². The van der Waals surface area contributed by atoms with Crippen LogP contribution in [0.2, 0.25) is 0 Å². The van der Waals surface area contributed by atoms with Crippen molar-refractivity contribution in [1.82, 2.24) is 15.0 Å². The number of benzene rings is 2. The number of imidazole rings is 1. The Morgan fingerprint density at radius 1 is 1.26 bits per heavy atom. The quantitative estimate of drug-likeness (QED) is 0.384. The molecule has 0 bridgehead atoms. The number of fused-ring (bicyclic) bond motifs is 1. The van der Waals surface area contributed by atoms with Crippen LogP contribution in [-0.2, 0) is 0 Å². The molecule has 0 saturated heterocycles. The molecule has 0 aliphatic heterocycles. The van der Waals surface area contributed by atoms with Crippen LogP contribution >= 0.6 is 0 Å². The second-order valence-electron chi connectivity index (χ2n) is 9.10. The molecule has 2 aliphatic carbocycles. The highest BCUT2D eigenvalue weighted by molar-refractivity contribution is 6.03. The Bertz CT molecular complexity index is 1420. The molecule has 3 atom stereocenters. The van der Waals surface area contributed by atoms with Gasteiger partial charge in [-0.05, 0) is 55.7 Å². The van der Waals surface area contributed by atoms with Gasteiger partial charge in [0.25, 0.3) is 0 Å². The molecular formula is C27H24N4O3. The van der Waals surface area contributed by atoms with Crippen molar-refractivity contribution >= 4 is 28.1 Å². The van der Waals surface area contributed by atoms with Gasteiger partial charge in [0.1, 0.15) is 5.52 Å². The monoisotopic (exact) mass is 452 g/mol. The predicted octanol–water partition coefficient (Wildman–Crippen LogP) is 4.07. The normalized spacial score (nSPS) is 23.3. The number of aromatic nitrogens is 2. The number of rotatable bonds is 6. The molecule has 1 saturated carbocycles. The molecule has 34 heavy (non-hydrogen) atoms. The Labute approximate surface area is 196 Å². The van der Waals surface area contributed by atoms with Crippen molar-refractivity contribution in [2.75, 3.05) is 0 Å². The van der Waals surface area contributed by atoms with Crippen LogP contribution in [0.1, 0.15) is 47.1 Å². The lowest BCUT2D eigenvalue weighted by Crippen LogP contribution is -2.26. The van der Waals surface area contributed by atoms with Crippen LogP contribution in [0.15, 0.2) is 67.3 Å². The van der Waals surface area contributed by atoms with E-state index in [9.17, 15) is 15.1 Å². The summed E-state index contributed by atoms with van der Waals surface area (Å²) in [6.45, 7) is 5.75. The van der Waals surface area contributed by atoms with Crippen molar-refractivity contribution in [1.29, 1.82) is 5.26 Å². The van der Waals surface area contributed by atoms with Gasteiger partial charge in [-0.25, -0.2) is 4.98 Å². The molecule has 1 aromatic heterocycles. The van der Waals surface area contributed by atoms with Crippen LogP contribution in [0.25, 0.3) is 22.3 Å². The van der Waals surface area contributed by atoms with Crippen LogP contribution < -0.4 is 5.32 Å². The lowest BCUT2D eigenvalue weighted by Gasteiger charge is -2.20. The summed E-state index contributed by atoms with van der Waals surface area (Å²) in [5.74, 6) is -0.117. The van der Waals surface area contributed by atoms with Crippen molar-refractivity contribution in [3.8, 4) is 6.07 Å². The number of carbonyl (C=O) groups is 1. The molecule has 1 heterocycles. The first-order valence-corrected chi connectivity index (χ1v) is 11.1. The summed E-state index contributed by atoms with van der Waals surface area (Å²) in [6, 6.07) is 14.4. The Kier molecular flexibility index (Phi) is 5.11. The SMILES string of the molecule is C=C(NC1C=CC(c2nc3ccc(C(=O)C4C[C@@]4(C)O)cc3n2O)=CC1)c1ccc(C#N)cc1. The molecule has 0 radical (unpaired) electrons. The number of carbonyl (C=O) groups excluding carboxylic acids is 1. The molecule has 2 aliphatic rings. The van der Waals surface area contributed by atoms with Crippen molar-refractivity contribution in [2.45, 2.75) is 31.4 Å². The zero-order chi connectivity index (χ0) is 24.0. The minimum absolute atomic E-state index is 0.0268. The molecular weight excluding hydrogens is 428 g/mol. The number of Topliss-reactive ketones (excluding diaryl/α,β-unsaturated/α-hetero) is 1. The first kappa shape index (κ1) is 21.7. The van der Waals surface area contributed by atoms with E-state index in [1.165, 1.54) is 0 Å². The largest absolute Gasteiger partial charge is 0.426 e. The molecule has 0 amide bonds. The number of nitrogens with one attached hydrogen (secondary N) is 1. The molecule has 7 heteroatoms. The van der Waals surface area contributed by atoms with Gasteiger partial charge in [0.05, 0.1) is 28.7 Å². The maximum atomic E-state index is 12.6. The Balaban J connectivity index is 1.30. The van der Waals surface area contributed by atoms with Crippen molar-refractivity contribution in [2.24, 2.45) is 5.92 Å². The average Bonchev–Trinajstić information content (AvgIpc) is 3.37. The third-order valence-corrected chi connectivity index (χ3v) is 6.52. The molecule has 1 fully saturated rings. The van der Waals surface area contributed by atoms with E-state index in [2.05, 4.69) is 22.9 Å². The Morgan fingerprint density at radius 3 is 2.59 bits per heavy atom. The van der Waals surface area contributed by atoms with Gasteiger partial charge < -0.3 is 15.6 Å². The Hall–Kier alpha value is -4.15. The third kappa shape index (κ3) is 3.89. The van der Waals surface area contributed by atoms with Gasteiger partial charge in [0.2, 0.25) is 0 Å². The minimum atomic E-state index is -0.940.